The molecule has 0 bridgehead atoms. The fourth-order valence-electron chi connectivity index (χ4n) is 2.88. The molecule has 0 amide bonds. The van der Waals surface area contributed by atoms with Gasteiger partial charge in [-0.15, -0.1) is 11.3 Å². The molecule has 2 heterocycles. The normalized spacial score (nSPS) is 10.9. The number of hydrogen-bond acceptors (Lipinski definition) is 4. The molecule has 1 N–H and O–H groups in total. The van der Waals surface area contributed by atoms with Gasteiger partial charge in [0.2, 0.25) is 0 Å². The van der Waals surface area contributed by atoms with Crippen molar-refractivity contribution in [2.75, 3.05) is 5.32 Å². The highest BCUT2D eigenvalue weighted by molar-refractivity contribution is 7.15. The van der Waals surface area contributed by atoms with Crippen molar-refractivity contribution in [1.29, 1.82) is 0 Å². The lowest BCUT2D eigenvalue weighted by molar-refractivity contribution is 0.966. The predicted molar refractivity (Wildman–Crippen MR) is 103 cm³/mol. The Hall–Kier alpha value is -2.92. The van der Waals surface area contributed by atoms with Crippen LogP contribution < -0.4 is 10.9 Å². The Kier molecular flexibility index (Phi) is 4.07. The number of fused-ring (bicyclic) bond motifs is 1. The van der Waals surface area contributed by atoms with Crippen LogP contribution in [0.3, 0.4) is 0 Å². The van der Waals surface area contributed by atoms with Gasteiger partial charge >= 0.3 is 0 Å². The van der Waals surface area contributed by atoms with Crippen molar-refractivity contribution in [2.24, 2.45) is 0 Å². The Bertz CT molecular complexity index is 1080. The minimum Gasteiger partial charge on any atom is -0.379 e. The number of hydrogen-bond donors (Lipinski definition) is 1. The Morgan fingerprint density at radius 1 is 1.08 bits per heavy atom. The van der Waals surface area contributed by atoms with Crippen LogP contribution in [0.1, 0.15) is 11.4 Å². The van der Waals surface area contributed by atoms with Crippen molar-refractivity contribution in [2.45, 2.75) is 13.5 Å². The number of nitrogens with one attached hydrogen (secondary N) is 1. The Balaban J connectivity index is 1.63. The summed E-state index contributed by atoms with van der Waals surface area (Å²) in [6.45, 7) is 2.42. The van der Waals surface area contributed by atoms with Gasteiger partial charge in [0.15, 0.2) is 4.96 Å². The molecule has 0 radical (unpaired) electrons. The number of rotatable bonds is 4. The SMILES string of the molecule is Cc1csc2nc(CNc3ccccc3-c3ccccc3)cc(=O)n12. The molecule has 124 valence electrons. The average Bonchev–Trinajstić information content (AvgIpc) is 3.02. The zero-order chi connectivity index (χ0) is 17.2. The lowest BCUT2D eigenvalue weighted by Crippen LogP contribution is -2.16. The van der Waals surface area contributed by atoms with E-state index in [1.807, 2.05) is 48.7 Å². The minimum atomic E-state index is -0.0307. The van der Waals surface area contributed by atoms with Crippen LogP contribution in [0.4, 0.5) is 5.69 Å². The number of thiazole rings is 1. The molecular formula is C20H17N3OS. The second-order valence-electron chi connectivity index (χ2n) is 5.85. The van der Waals surface area contributed by atoms with Gasteiger partial charge in [0.1, 0.15) is 0 Å². The maximum Gasteiger partial charge on any atom is 0.259 e. The summed E-state index contributed by atoms with van der Waals surface area (Å²) in [6, 6.07) is 20.0. The Morgan fingerprint density at radius 2 is 1.84 bits per heavy atom. The van der Waals surface area contributed by atoms with Gasteiger partial charge in [-0.25, -0.2) is 4.98 Å². The first-order chi connectivity index (χ1) is 12.2. The van der Waals surface area contributed by atoms with E-state index in [1.165, 1.54) is 11.3 Å². The van der Waals surface area contributed by atoms with E-state index < -0.39 is 0 Å². The molecule has 0 aliphatic heterocycles. The third-order valence-electron chi connectivity index (χ3n) is 4.10. The largest absolute Gasteiger partial charge is 0.379 e. The highest BCUT2D eigenvalue weighted by atomic mass is 32.1. The summed E-state index contributed by atoms with van der Waals surface area (Å²) in [7, 11) is 0. The van der Waals surface area contributed by atoms with Crippen molar-refractivity contribution in [3.05, 3.63) is 87.8 Å². The summed E-state index contributed by atoms with van der Waals surface area (Å²) in [6.07, 6.45) is 0. The van der Waals surface area contributed by atoms with Gasteiger partial charge < -0.3 is 5.32 Å². The zero-order valence-corrected chi connectivity index (χ0v) is 14.6. The van der Waals surface area contributed by atoms with E-state index >= 15 is 0 Å². The van der Waals surface area contributed by atoms with Crippen LogP contribution in [0.5, 0.6) is 0 Å². The van der Waals surface area contributed by atoms with E-state index in [2.05, 4.69) is 28.5 Å². The third-order valence-corrected chi connectivity index (χ3v) is 5.04. The summed E-state index contributed by atoms with van der Waals surface area (Å²) in [5.74, 6) is 0. The lowest BCUT2D eigenvalue weighted by Gasteiger charge is -2.12. The van der Waals surface area contributed by atoms with Gasteiger partial charge in [0.25, 0.3) is 5.56 Å². The Labute approximate surface area is 149 Å². The van der Waals surface area contributed by atoms with Crippen LogP contribution in [0.15, 0.2) is 70.8 Å². The highest BCUT2D eigenvalue weighted by Crippen LogP contribution is 2.27. The molecule has 0 atom stereocenters. The second-order valence-corrected chi connectivity index (χ2v) is 6.68. The summed E-state index contributed by atoms with van der Waals surface area (Å²) in [5.41, 5.74) is 4.95. The van der Waals surface area contributed by atoms with Crippen LogP contribution >= 0.6 is 11.3 Å². The number of nitrogens with zero attached hydrogens (tertiary/aromatic N) is 2. The van der Waals surface area contributed by atoms with E-state index in [9.17, 15) is 4.79 Å². The van der Waals surface area contributed by atoms with E-state index in [-0.39, 0.29) is 5.56 Å². The number of aryl methyl sites for hydroxylation is 1. The molecule has 0 saturated carbocycles. The molecule has 5 heteroatoms. The molecule has 2 aromatic heterocycles. The predicted octanol–water partition coefficient (Wildman–Crippen LogP) is 4.34. The molecule has 25 heavy (non-hydrogen) atoms. The summed E-state index contributed by atoms with van der Waals surface area (Å²) in [4.78, 5) is 17.6. The highest BCUT2D eigenvalue weighted by Gasteiger charge is 2.08. The van der Waals surface area contributed by atoms with Crippen LogP contribution in [0, 0.1) is 6.92 Å². The van der Waals surface area contributed by atoms with E-state index in [4.69, 9.17) is 0 Å². The standard InChI is InChI=1S/C20H17N3OS/c1-14-13-25-20-22-16(11-19(24)23(14)20)12-21-18-10-6-5-9-17(18)15-7-3-2-4-8-15/h2-11,13,21H,12H2,1H3. The number of para-hydroxylation sites is 1. The molecule has 4 rings (SSSR count). The minimum absolute atomic E-state index is 0.0307. The molecule has 0 fully saturated rings. The molecule has 0 aliphatic carbocycles. The molecule has 0 saturated heterocycles. The monoisotopic (exact) mass is 347 g/mol. The molecule has 0 aliphatic rings. The summed E-state index contributed by atoms with van der Waals surface area (Å²) >= 11 is 1.49. The Morgan fingerprint density at radius 3 is 2.68 bits per heavy atom. The van der Waals surface area contributed by atoms with Crippen LogP contribution in [0.25, 0.3) is 16.1 Å². The fraction of sp³-hybridized carbons (Fsp3) is 0.100. The van der Waals surface area contributed by atoms with Gasteiger partial charge in [0, 0.05) is 28.4 Å². The van der Waals surface area contributed by atoms with Crippen molar-refractivity contribution in [3.8, 4) is 11.1 Å². The van der Waals surface area contributed by atoms with Crippen molar-refractivity contribution >= 4 is 22.0 Å². The molecule has 2 aromatic carbocycles. The van der Waals surface area contributed by atoms with Crippen molar-refractivity contribution < 1.29 is 0 Å². The number of anilines is 1. The fourth-order valence-corrected chi connectivity index (χ4v) is 3.77. The van der Waals surface area contributed by atoms with E-state index in [0.29, 0.717) is 6.54 Å². The van der Waals surface area contributed by atoms with Gasteiger partial charge in [-0.1, -0.05) is 48.5 Å². The van der Waals surface area contributed by atoms with Crippen LogP contribution in [-0.2, 0) is 6.54 Å². The zero-order valence-electron chi connectivity index (χ0n) is 13.8. The van der Waals surface area contributed by atoms with Crippen LogP contribution in [0.2, 0.25) is 0 Å². The smallest absolute Gasteiger partial charge is 0.259 e. The number of benzene rings is 2. The maximum absolute atomic E-state index is 12.3. The average molecular weight is 347 g/mol. The first kappa shape index (κ1) is 15.6. The van der Waals surface area contributed by atoms with Crippen molar-refractivity contribution in [1.82, 2.24) is 9.38 Å². The first-order valence-corrected chi connectivity index (χ1v) is 8.95. The lowest BCUT2D eigenvalue weighted by atomic mass is 10.0. The first-order valence-electron chi connectivity index (χ1n) is 8.07. The van der Waals surface area contributed by atoms with E-state index in [0.717, 1.165) is 33.2 Å². The molecule has 0 spiro atoms. The second kappa shape index (κ2) is 6.53. The molecule has 4 nitrogen and oxygen atoms in total. The van der Waals surface area contributed by atoms with Crippen LogP contribution in [-0.4, -0.2) is 9.38 Å². The third kappa shape index (κ3) is 3.06. The van der Waals surface area contributed by atoms with E-state index in [1.54, 1.807) is 10.5 Å². The topological polar surface area (TPSA) is 46.4 Å². The van der Waals surface area contributed by atoms with Crippen molar-refractivity contribution in [3.63, 3.8) is 0 Å². The number of aromatic nitrogens is 2. The van der Waals surface area contributed by atoms with Gasteiger partial charge in [0.05, 0.1) is 12.2 Å². The molecule has 4 aromatic rings. The maximum atomic E-state index is 12.3. The quantitative estimate of drug-likeness (QED) is 0.597. The van der Waals surface area contributed by atoms with Gasteiger partial charge in [-0.2, -0.15) is 0 Å². The summed E-state index contributed by atoms with van der Waals surface area (Å²) in [5, 5.41) is 5.37. The summed E-state index contributed by atoms with van der Waals surface area (Å²) < 4.78 is 1.64. The molecule has 0 unspecified atom stereocenters. The molecular weight excluding hydrogens is 330 g/mol. The van der Waals surface area contributed by atoms with Gasteiger partial charge in [-0.3, -0.25) is 9.20 Å². The van der Waals surface area contributed by atoms with Gasteiger partial charge in [-0.05, 0) is 18.6 Å².